The van der Waals surface area contributed by atoms with Crippen LogP contribution in [0.2, 0.25) is 5.15 Å². The van der Waals surface area contributed by atoms with Gasteiger partial charge in [0.25, 0.3) is 0 Å². The molecule has 1 aliphatic rings. The number of rotatable bonds is 4. The number of thioether (sulfide) groups is 1. The van der Waals surface area contributed by atoms with Crippen LogP contribution in [0, 0.1) is 5.92 Å². The maximum Gasteiger partial charge on any atom is 0.217 e. The van der Waals surface area contributed by atoms with E-state index in [-0.39, 0.29) is 5.91 Å². The molecule has 104 valence electrons. The number of nitrogens with zero attached hydrogens (tertiary/aromatic N) is 3. The Labute approximate surface area is 121 Å². The Morgan fingerprint density at radius 2 is 2.21 bits per heavy atom. The van der Waals surface area contributed by atoms with Gasteiger partial charge < -0.3 is 10.6 Å². The molecule has 1 saturated heterocycles. The molecule has 0 spiro atoms. The summed E-state index contributed by atoms with van der Waals surface area (Å²) >= 11 is 7.47. The lowest BCUT2D eigenvalue weighted by Crippen LogP contribution is -2.35. The molecule has 0 aromatic carbocycles. The number of aromatic nitrogens is 2. The summed E-state index contributed by atoms with van der Waals surface area (Å²) < 4.78 is 0. The Morgan fingerprint density at radius 3 is 2.79 bits per heavy atom. The van der Waals surface area contributed by atoms with E-state index >= 15 is 0 Å². The second kappa shape index (κ2) is 6.43. The quantitative estimate of drug-likeness (QED) is 0.523. The van der Waals surface area contributed by atoms with Crippen LogP contribution in [0.1, 0.15) is 19.3 Å². The number of carbonyl (C=O) groups excluding carboxylic acids is 1. The van der Waals surface area contributed by atoms with Gasteiger partial charge in [0.05, 0.1) is 0 Å². The molecule has 0 atom stereocenters. The fraction of sp³-hybridized carbons (Fsp3) is 0.583. The molecule has 1 fully saturated rings. The zero-order valence-electron chi connectivity index (χ0n) is 10.8. The van der Waals surface area contributed by atoms with Gasteiger partial charge in [-0.15, -0.1) is 0 Å². The first-order valence-electron chi connectivity index (χ1n) is 6.20. The lowest BCUT2D eigenvalue weighted by Gasteiger charge is -2.32. The van der Waals surface area contributed by atoms with E-state index in [1.807, 2.05) is 6.26 Å². The van der Waals surface area contributed by atoms with Crippen molar-refractivity contribution in [3.05, 3.63) is 11.2 Å². The number of anilines is 1. The fourth-order valence-electron chi connectivity index (χ4n) is 2.29. The number of hydrogen-bond donors (Lipinski definition) is 1. The number of amides is 1. The van der Waals surface area contributed by atoms with Crippen molar-refractivity contribution in [2.24, 2.45) is 11.7 Å². The van der Waals surface area contributed by atoms with E-state index in [2.05, 4.69) is 14.9 Å². The van der Waals surface area contributed by atoms with Crippen molar-refractivity contribution in [2.75, 3.05) is 24.2 Å². The molecule has 1 amide bonds. The van der Waals surface area contributed by atoms with Crippen molar-refractivity contribution in [1.82, 2.24) is 9.97 Å². The number of piperidine rings is 1. The summed E-state index contributed by atoms with van der Waals surface area (Å²) in [5.41, 5.74) is 5.23. The van der Waals surface area contributed by atoms with Gasteiger partial charge in [0.2, 0.25) is 5.91 Å². The molecule has 0 aliphatic carbocycles. The molecule has 0 bridgehead atoms. The SMILES string of the molecule is CSc1nc(Cl)cc(N2CCC(CC(N)=O)CC2)n1. The van der Waals surface area contributed by atoms with E-state index in [0.717, 1.165) is 31.7 Å². The van der Waals surface area contributed by atoms with E-state index in [9.17, 15) is 4.79 Å². The number of halogens is 1. The lowest BCUT2D eigenvalue weighted by atomic mass is 9.93. The zero-order valence-corrected chi connectivity index (χ0v) is 12.4. The molecule has 2 heterocycles. The van der Waals surface area contributed by atoms with Crippen LogP contribution < -0.4 is 10.6 Å². The van der Waals surface area contributed by atoms with Crippen molar-refractivity contribution < 1.29 is 4.79 Å². The summed E-state index contributed by atoms with van der Waals surface area (Å²) in [4.78, 5) is 21.7. The predicted octanol–water partition coefficient (Wildman–Crippen LogP) is 1.94. The Bertz CT molecular complexity index is 463. The molecule has 2 N–H and O–H groups in total. The largest absolute Gasteiger partial charge is 0.370 e. The Kier molecular flexibility index (Phi) is 4.87. The van der Waals surface area contributed by atoms with Gasteiger partial charge in [-0.1, -0.05) is 23.4 Å². The molecule has 1 aliphatic heterocycles. The molecule has 1 aromatic heterocycles. The van der Waals surface area contributed by atoms with Gasteiger partial charge in [0.1, 0.15) is 11.0 Å². The summed E-state index contributed by atoms with van der Waals surface area (Å²) in [5, 5.41) is 1.15. The standard InChI is InChI=1S/C12H17ClN4OS/c1-19-12-15-9(13)7-11(16-12)17-4-2-8(3-5-17)6-10(14)18/h7-8H,2-6H2,1H3,(H2,14,18). The lowest BCUT2D eigenvalue weighted by molar-refractivity contribution is -0.119. The van der Waals surface area contributed by atoms with E-state index in [4.69, 9.17) is 17.3 Å². The molecule has 0 unspecified atom stereocenters. The Hall–Kier alpha value is -1.01. The molecular weight excluding hydrogens is 284 g/mol. The van der Waals surface area contributed by atoms with Crippen LogP contribution in [-0.4, -0.2) is 35.2 Å². The van der Waals surface area contributed by atoms with Crippen molar-refractivity contribution in [3.8, 4) is 0 Å². The minimum atomic E-state index is -0.215. The highest BCUT2D eigenvalue weighted by Crippen LogP contribution is 2.26. The summed E-state index contributed by atoms with van der Waals surface area (Å²) in [6, 6.07) is 1.79. The molecule has 0 saturated carbocycles. The Balaban J connectivity index is 2.01. The van der Waals surface area contributed by atoms with Crippen LogP contribution in [0.15, 0.2) is 11.2 Å². The van der Waals surface area contributed by atoms with Gasteiger partial charge in [-0.3, -0.25) is 4.79 Å². The summed E-state index contributed by atoms with van der Waals surface area (Å²) in [7, 11) is 0. The van der Waals surface area contributed by atoms with Crippen molar-refractivity contribution >= 4 is 35.1 Å². The topological polar surface area (TPSA) is 72.1 Å². The minimum absolute atomic E-state index is 0.215. The van der Waals surface area contributed by atoms with Crippen molar-refractivity contribution in [3.63, 3.8) is 0 Å². The molecule has 19 heavy (non-hydrogen) atoms. The summed E-state index contributed by atoms with van der Waals surface area (Å²) in [6.45, 7) is 1.75. The highest BCUT2D eigenvalue weighted by molar-refractivity contribution is 7.98. The van der Waals surface area contributed by atoms with Crippen molar-refractivity contribution in [1.29, 1.82) is 0 Å². The number of primary amides is 1. The fourth-order valence-corrected chi connectivity index (χ4v) is 2.89. The van der Waals surface area contributed by atoms with Gasteiger partial charge >= 0.3 is 0 Å². The molecule has 2 rings (SSSR count). The van der Waals surface area contributed by atoms with Gasteiger partial charge in [0, 0.05) is 25.6 Å². The van der Waals surface area contributed by atoms with Gasteiger partial charge in [-0.2, -0.15) is 0 Å². The zero-order chi connectivity index (χ0) is 13.8. The highest BCUT2D eigenvalue weighted by atomic mass is 35.5. The number of hydrogen-bond acceptors (Lipinski definition) is 5. The predicted molar refractivity (Wildman–Crippen MR) is 77.6 cm³/mol. The van der Waals surface area contributed by atoms with E-state index in [1.54, 1.807) is 6.07 Å². The second-order valence-corrected chi connectivity index (χ2v) is 5.80. The molecule has 0 radical (unpaired) electrons. The third-order valence-electron chi connectivity index (χ3n) is 3.27. The molecule has 1 aromatic rings. The maximum absolute atomic E-state index is 10.9. The third-order valence-corrected chi connectivity index (χ3v) is 4.01. The van der Waals surface area contributed by atoms with E-state index < -0.39 is 0 Å². The average molecular weight is 301 g/mol. The Morgan fingerprint density at radius 1 is 1.53 bits per heavy atom. The first-order valence-corrected chi connectivity index (χ1v) is 7.80. The van der Waals surface area contributed by atoms with E-state index in [0.29, 0.717) is 22.6 Å². The van der Waals surface area contributed by atoms with Crippen LogP contribution in [0.4, 0.5) is 5.82 Å². The minimum Gasteiger partial charge on any atom is -0.370 e. The van der Waals surface area contributed by atoms with Gasteiger partial charge in [-0.05, 0) is 25.0 Å². The van der Waals surface area contributed by atoms with E-state index in [1.165, 1.54) is 11.8 Å². The van der Waals surface area contributed by atoms with Gasteiger partial charge in [-0.25, -0.2) is 9.97 Å². The average Bonchev–Trinajstić information content (AvgIpc) is 2.38. The first-order chi connectivity index (χ1) is 9.08. The third kappa shape index (κ3) is 3.98. The molecule has 7 heteroatoms. The van der Waals surface area contributed by atoms with Crippen molar-refractivity contribution in [2.45, 2.75) is 24.4 Å². The summed E-state index contributed by atoms with van der Waals surface area (Å²) in [6.07, 6.45) is 4.32. The monoisotopic (exact) mass is 300 g/mol. The van der Waals surface area contributed by atoms with Crippen LogP contribution >= 0.6 is 23.4 Å². The van der Waals surface area contributed by atoms with Crippen LogP contribution in [0.3, 0.4) is 0 Å². The number of nitrogens with two attached hydrogens (primary N) is 1. The van der Waals surface area contributed by atoms with Gasteiger partial charge in [0.15, 0.2) is 5.16 Å². The maximum atomic E-state index is 10.9. The van der Waals surface area contributed by atoms with Crippen LogP contribution in [0.5, 0.6) is 0 Å². The highest BCUT2D eigenvalue weighted by Gasteiger charge is 2.22. The summed E-state index contributed by atoms with van der Waals surface area (Å²) in [5.74, 6) is 1.04. The van der Waals surface area contributed by atoms with Crippen LogP contribution in [-0.2, 0) is 4.79 Å². The smallest absolute Gasteiger partial charge is 0.217 e. The normalized spacial score (nSPS) is 16.6. The molecular formula is C12H17ClN4OS. The second-order valence-electron chi connectivity index (χ2n) is 4.64. The molecule has 5 nitrogen and oxygen atoms in total. The first kappa shape index (κ1) is 14.4. The van der Waals surface area contributed by atoms with Crippen LogP contribution in [0.25, 0.3) is 0 Å². The number of carbonyl (C=O) groups is 1.